The highest BCUT2D eigenvalue weighted by Crippen LogP contribution is 2.03. The van der Waals surface area contributed by atoms with Crippen molar-refractivity contribution in [2.45, 2.75) is 26.8 Å². The minimum atomic E-state index is -3.30. The molecule has 0 saturated carbocycles. The van der Waals surface area contributed by atoms with Crippen molar-refractivity contribution in [1.29, 1.82) is 0 Å². The molecule has 0 aromatic carbocycles. The number of hydrogen-bond acceptors (Lipinski definition) is 2. The Morgan fingerprint density at radius 1 is 1.36 bits per heavy atom. The molecule has 4 nitrogen and oxygen atoms in total. The van der Waals surface area contributed by atoms with Gasteiger partial charge in [0.2, 0.25) is 0 Å². The van der Waals surface area contributed by atoms with Gasteiger partial charge in [-0.15, -0.1) is 0 Å². The zero-order valence-electron chi connectivity index (χ0n) is 9.12. The van der Waals surface area contributed by atoms with Gasteiger partial charge in [0.15, 0.2) is 0 Å². The first kappa shape index (κ1) is 14.3. The standard InChI is InChI=1S/C8H19BrN2O2S/c1-7(2)11(4)14(12,13)10-6-8(3)5-9/h7-8,10H,5-6H2,1-4H3. The Hall–Kier alpha value is 0.350. The molecule has 0 amide bonds. The normalized spacial score (nSPS) is 15.1. The van der Waals surface area contributed by atoms with Gasteiger partial charge >= 0.3 is 0 Å². The monoisotopic (exact) mass is 286 g/mol. The topological polar surface area (TPSA) is 49.4 Å². The average Bonchev–Trinajstić information content (AvgIpc) is 2.12. The summed E-state index contributed by atoms with van der Waals surface area (Å²) in [5.41, 5.74) is 0. The zero-order valence-corrected chi connectivity index (χ0v) is 11.5. The van der Waals surface area contributed by atoms with Crippen molar-refractivity contribution in [2.75, 3.05) is 18.9 Å². The van der Waals surface area contributed by atoms with Crippen LogP contribution in [0.15, 0.2) is 0 Å². The van der Waals surface area contributed by atoms with E-state index in [1.807, 2.05) is 20.8 Å². The molecule has 1 unspecified atom stereocenters. The minimum absolute atomic E-state index is 0.0215. The molecule has 6 heteroatoms. The second-order valence-electron chi connectivity index (χ2n) is 3.72. The van der Waals surface area contributed by atoms with E-state index in [-0.39, 0.29) is 6.04 Å². The van der Waals surface area contributed by atoms with Crippen LogP contribution in [0.25, 0.3) is 0 Å². The van der Waals surface area contributed by atoms with E-state index >= 15 is 0 Å². The van der Waals surface area contributed by atoms with Crippen molar-refractivity contribution in [3.63, 3.8) is 0 Å². The lowest BCUT2D eigenvalue weighted by atomic mass is 10.2. The van der Waals surface area contributed by atoms with Crippen LogP contribution < -0.4 is 4.72 Å². The molecule has 86 valence electrons. The molecule has 0 heterocycles. The number of rotatable bonds is 6. The van der Waals surface area contributed by atoms with E-state index in [9.17, 15) is 8.42 Å². The highest BCUT2D eigenvalue weighted by Gasteiger charge is 2.20. The molecule has 0 radical (unpaired) electrons. The van der Waals surface area contributed by atoms with Crippen molar-refractivity contribution in [2.24, 2.45) is 5.92 Å². The Morgan fingerprint density at radius 3 is 2.21 bits per heavy atom. The minimum Gasteiger partial charge on any atom is -0.202 e. The molecule has 0 bridgehead atoms. The summed E-state index contributed by atoms with van der Waals surface area (Å²) in [4.78, 5) is 0. The lowest BCUT2D eigenvalue weighted by molar-refractivity contribution is 0.400. The van der Waals surface area contributed by atoms with E-state index in [0.717, 1.165) is 5.33 Å². The van der Waals surface area contributed by atoms with Crippen LogP contribution in [0, 0.1) is 5.92 Å². The Labute approximate surface area is 95.4 Å². The SMILES string of the molecule is CC(CBr)CNS(=O)(=O)N(C)C(C)C. The van der Waals surface area contributed by atoms with Gasteiger partial charge in [0.1, 0.15) is 0 Å². The summed E-state index contributed by atoms with van der Waals surface area (Å²) in [6, 6.07) is -0.0215. The van der Waals surface area contributed by atoms with Crippen molar-refractivity contribution < 1.29 is 8.42 Å². The molecular formula is C8H19BrN2O2S. The molecule has 1 atom stereocenters. The number of halogens is 1. The lowest BCUT2D eigenvalue weighted by Gasteiger charge is -2.22. The van der Waals surface area contributed by atoms with Gasteiger partial charge in [-0.05, 0) is 19.8 Å². The Kier molecular flexibility index (Phi) is 6.20. The molecule has 0 rings (SSSR count). The highest BCUT2D eigenvalue weighted by atomic mass is 79.9. The lowest BCUT2D eigenvalue weighted by Crippen LogP contribution is -2.43. The van der Waals surface area contributed by atoms with Crippen molar-refractivity contribution in [3.05, 3.63) is 0 Å². The maximum atomic E-state index is 11.6. The fourth-order valence-corrected chi connectivity index (χ4v) is 2.16. The number of nitrogens with zero attached hydrogens (tertiary/aromatic N) is 1. The first-order valence-corrected chi connectivity index (χ1v) is 7.16. The largest absolute Gasteiger partial charge is 0.279 e. The maximum Gasteiger partial charge on any atom is 0.279 e. The number of alkyl halides is 1. The van der Waals surface area contributed by atoms with Crippen LogP contribution in [0.3, 0.4) is 0 Å². The van der Waals surface area contributed by atoms with Gasteiger partial charge in [-0.2, -0.15) is 12.7 Å². The predicted molar refractivity (Wildman–Crippen MR) is 62.8 cm³/mol. The molecule has 1 N–H and O–H groups in total. The van der Waals surface area contributed by atoms with Crippen LogP contribution in [0.2, 0.25) is 0 Å². The van der Waals surface area contributed by atoms with E-state index in [2.05, 4.69) is 20.7 Å². The van der Waals surface area contributed by atoms with Crippen LogP contribution in [-0.4, -0.2) is 37.7 Å². The molecule has 14 heavy (non-hydrogen) atoms. The van der Waals surface area contributed by atoms with Gasteiger partial charge in [-0.25, -0.2) is 4.72 Å². The van der Waals surface area contributed by atoms with Gasteiger partial charge in [0.25, 0.3) is 10.2 Å². The Bertz CT molecular complexity index is 254. The van der Waals surface area contributed by atoms with Crippen LogP contribution in [0.5, 0.6) is 0 Å². The Morgan fingerprint density at radius 2 is 1.86 bits per heavy atom. The average molecular weight is 287 g/mol. The van der Waals surface area contributed by atoms with Crippen molar-refractivity contribution in [1.82, 2.24) is 9.03 Å². The first-order chi connectivity index (χ1) is 6.31. The second-order valence-corrected chi connectivity index (χ2v) is 6.19. The third-order valence-corrected chi connectivity index (χ3v) is 4.80. The van der Waals surface area contributed by atoms with Crippen LogP contribution in [0.1, 0.15) is 20.8 Å². The van der Waals surface area contributed by atoms with E-state index in [1.165, 1.54) is 4.31 Å². The molecule has 0 fully saturated rings. The molecule has 0 aromatic rings. The fraction of sp³-hybridized carbons (Fsp3) is 1.00. The van der Waals surface area contributed by atoms with E-state index in [4.69, 9.17) is 0 Å². The van der Waals surface area contributed by atoms with E-state index in [1.54, 1.807) is 7.05 Å². The molecule has 0 aromatic heterocycles. The van der Waals surface area contributed by atoms with Gasteiger partial charge in [0, 0.05) is 25.0 Å². The smallest absolute Gasteiger partial charge is 0.202 e. The third kappa shape index (κ3) is 4.72. The summed E-state index contributed by atoms with van der Waals surface area (Å²) < 4.78 is 27.1. The molecular weight excluding hydrogens is 268 g/mol. The van der Waals surface area contributed by atoms with Crippen molar-refractivity contribution >= 4 is 26.1 Å². The fourth-order valence-electron chi connectivity index (χ4n) is 0.681. The summed E-state index contributed by atoms with van der Waals surface area (Å²) in [5.74, 6) is 0.297. The molecule has 0 aliphatic carbocycles. The van der Waals surface area contributed by atoms with Gasteiger partial charge in [0.05, 0.1) is 0 Å². The van der Waals surface area contributed by atoms with Crippen LogP contribution >= 0.6 is 15.9 Å². The molecule has 0 aliphatic rings. The van der Waals surface area contributed by atoms with Crippen LogP contribution in [0.4, 0.5) is 0 Å². The van der Waals surface area contributed by atoms with Gasteiger partial charge in [-0.1, -0.05) is 22.9 Å². The van der Waals surface area contributed by atoms with E-state index < -0.39 is 10.2 Å². The maximum absolute atomic E-state index is 11.6. The van der Waals surface area contributed by atoms with Gasteiger partial charge < -0.3 is 0 Å². The van der Waals surface area contributed by atoms with Gasteiger partial charge in [-0.3, -0.25) is 0 Å². The summed E-state index contributed by atoms with van der Waals surface area (Å²) >= 11 is 3.30. The summed E-state index contributed by atoms with van der Waals surface area (Å²) in [7, 11) is -1.73. The predicted octanol–water partition coefficient (Wildman–Crippen LogP) is 1.19. The number of nitrogens with one attached hydrogen (secondary N) is 1. The first-order valence-electron chi connectivity index (χ1n) is 4.59. The Balaban J connectivity index is 4.22. The molecule has 0 spiro atoms. The summed E-state index contributed by atoms with van der Waals surface area (Å²) in [6.07, 6.45) is 0. The molecule has 0 saturated heterocycles. The molecule has 0 aliphatic heterocycles. The quantitative estimate of drug-likeness (QED) is 0.746. The number of hydrogen-bond donors (Lipinski definition) is 1. The highest BCUT2D eigenvalue weighted by molar-refractivity contribution is 9.09. The van der Waals surface area contributed by atoms with E-state index in [0.29, 0.717) is 12.5 Å². The zero-order chi connectivity index (χ0) is 11.4. The van der Waals surface area contributed by atoms with Crippen LogP contribution in [-0.2, 0) is 10.2 Å². The second kappa shape index (κ2) is 6.05. The summed E-state index contributed by atoms with van der Waals surface area (Å²) in [5, 5.41) is 0.793. The third-order valence-electron chi connectivity index (χ3n) is 1.98. The van der Waals surface area contributed by atoms with Crippen molar-refractivity contribution in [3.8, 4) is 0 Å². The summed E-state index contributed by atoms with van der Waals surface area (Å²) in [6.45, 7) is 6.12.